The predicted octanol–water partition coefficient (Wildman–Crippen LogP) is 3.11. The first kappa shape index (κ1) is 16.9. The summed E-state index contributed by atoms with van der Waals surface area (Å²) in [6, 6.07) is 0.647. The van der Waals surface area contributed by atoms with Crippen LogP contribution in [0.2, 0.25) is 0 Å². The summed E-state index contributed by atoms with van der Waals surface area (Å²) in [6.07, 6.45) is 6.66. The van der Waals surface area contributed by atoms with E-state index in [2.05, 4.69) is 33.0 Å². The van der Waals surface area contributed by atoms with Gasteiger partial charge in [-0.2, -0.15) is 0 Å². The summed E-state index contributed by atoms with van der Waals surface area (Å²) < 4.78 is 5.71. The molecule has 114 valence electrons. The third kappa shape index (κ3) is 7.28. The average Bonchev–Trinajstić information content (AvgIpc) is 3.14. The number of ether oxygens (including phenoxy) is 1. The molecule has 3 heteroatoms. The molecule has 0 saturated heterocycles. The van der Waals surface area contributed by atoms with E-state index in [1.165, 1.54) is 12.8 Å². The highest BCUT2D eigenvalue weighted by Crippen LogP contribution is 2.26. The molecule has 0 aromatic carbocycles. The van der Waals surface area contributed by atoms with Crippen molar-refractivity contribution >= 4 is 0 Å². The fourth-order valence-electron chi connectivity index (χ4n) is 2.24. The van der Waals surface area contributed by atoms with Crippen LogP contribution in [0.25, 0.3) is 0 Å². The lowest BCUT2D eigenvalue weighted by Crippen LogP contribution is -2.49. The van der Waals surface area contributed by atoms with Gasteiger partial charge in [0.05, 0.1) is 6.61 Å². The molecule has 1 aliphatic rings. The first-order valence-corrected chi connectivity index (χ1v) is 7.87. The molecule has 0 amide bonds. The molecule has 0 bridgehead atoms. The molecule has 1 rings (SSSR count). The second kappa shape index (κ2) is 7.61. The lowest BCUT2D eigenvalue weighted by atomic mass is 9.91. The zero-order valence-corrected chi connectivity index (χ0v) is 13.3. The Hall–Kier alpha value is -0.120. The number of nitrogens with one attached hydrogen (secondary N) is 1. The van der Waals surface area contributed by atoms with Crippen LogP contribution in [0.4, 0.5) is 0 Å². The SMILES string of the molecule is CCC(CO)(CCCOCCC(C)(C)C)NC1CC1. The standard InChI is InChI=1S/C16H33NO2/c1-5-16(13-18,17-14-7-8-14)9-6-11-19-12-10-15(2,3)4/h14,17-18H,5-13H2,1-4H3. The van der Waals surface area contributed by atoms with Gasteiger partial charge in [0.25, 0.3) is 0 Å². The smallest absolute Gasteiger partial charge is 0.0613 e. The molecular formula is C16H33NO2. The molecule has 0 heterocycles. The molecule has 19 heavy (non-hydrogen) atoms. The van der Waals surface area contributed by atoms with Gasteiger partial charge in [-0.3, -0.25) is 0 Å². The van der Waals surface area contributed by atoms with Crippen molar-refractivity contribution in [2.24, 2.45) is 5.41 Å². The minimum atomic E-state index is -0.0748. The van der Waals surface area contributed by atoms with Crippen molar-refractivity contribution < 1.29 is 9.84 Å². The fraction of sp³-hybridized carbons (Fsp3) is 1.00. The maximum absolute atomic E-state index is 9.66. The van der Waals surface area contributed by atoms with Crippen molar-refractivity contribution in [1.29, 1.82) is 0 Å². The van der Waals surface area contributed by atoms with Gasteiger partial charge >= 0.3 is 0 Å². The molecule has 0 aromatic rings. The van der Waals surface area contributed by atoms with E-state index < -0.39 is 0 Å². The van der Waals surface area contributed by atoms with E-state index >= 15 is 0 Å². The Kier molecular flexibility index (Phi) is 6.78. The maximum Gasteiger partial charge on any atom is 0.0613 e. The minimum Gasteiger partial charge on any atom is -0.394 e. The topological polar surface area (TPSA) is 41.5 Å². The number of aliphatic hydroxyl groups is 1. The van der Waals surface area contributed by atoms with Gasteiger partial charge in [0.15, 0.2) is 0 Å². The van der Waals surface area contributed by atoms with Crippen LogP contribution in [0.3, 0.4) is 0 Å². The largest absolute Gasteiger partial charge is 0.394 e. The molecule has 0 radical (unpaired) electrons. The van der Waals surface area contributed by atoms with Gasteiger partial charge in [0.1, 0.15) is 0 Å². The first-order chi connectivity index (χ1) is 8.91. The molecule has 0 aliphatic heterocycles. The Bertz CT molecular complexity index is 240. The Balaban J connectivity index is 2.14. The fourth-order valence-corrected chi connectivity index (χ4v) is 2.24. The van der Waals surface area contributed by atoms with Crippen molar-refractivity contribution in [2.75, 3.05) is 19.8 Å². The summed E-state index contributed by atoms with van der Waals surface area (Å²) in [7, 11) is 0. The van der Waals surface area contributed by atoms with Gasteiger partial charge in [0, 0.05) is 24.8 Å². The zero-order chi connectivity index (χ0) is 14.4. The minimum absolute atomic E-state index is 0.0748. The normalized spacial score (nSPS) is 19.4. The summed E-state index contributed by atoms with van der Waals surface area (Å²) in [4.78, 5) is 0. The molecule has 0 spiro atoms. The zero-order valence-electron chi connectivity index (χ0n) is 13.3. The Labute approximate surface area is 119 Å². The number of rotatable bonds is 10. The van der Waals surface area contributed by atoms with E-state index in [1.54, 1.807) is 0 Å². The third-order valence-electron chi connectivity index (χ3n) is 4.01. The highest BCUT2D eigenvalue weighted by atomic mass is 16.5. The van der Waals surface area contributed by atoms with Crippen molar-refractivity contribution in [2.45, 2.75) is 77.8 Å². The van der Waals surface area contributed by atoms with Crippen molar-refractivity contribution in [3.05, 3.63) is 0 Å². The maximum atomic E-state index is 9.66. The lowest BCUT2D eigenvalue weighted by molar-refractivity contribution is 0.0875. The van der Waals surface area contributed by atoms with Crippen LogP contribution in [-0.2, 0) is 4.74 Å². The van der Waals surface area contributed by atoms with Crippen molar-refractivity contribution in [3.63, 3.8) is 0 Å². The van der Waals surface area contributed by atoms with Crippen LogP contribution in [-0.4, -0.2) is 36.5 Å². The molecular weight excluding hydrogens is 238 g/mol. The molecule has 1 saturated carbocycles. The van der Waals surface area contributed by atoms with E-state index in [9.17, 15) is 5.11 Å². The number of aliphatic hydroxyl groups excluding tert-OH is 1. The Morgan fingerprint density at radius 3 is 2.32 bits per heavy atom. The molecule has 3 nitrogen and oxygen atoms in total. The summed E-state index contributed by atoms with van der Waals surface area (Å²) in [5, 5.41) is 13.3. The molecule has 1 fully saturated rings. The van der Waals surface area contributed by atoms with Crippen LogP contribution < -0.4 is 5.32 Å². The van der Waals surface area contributed by atoms with Crippen LogP contribution in [0.15, 0.2) is 0 Å². The Morgan fingerprint density at radius 1 is 1.16 bits per heavy atom. The lowest BCUT2D eigenvalue weighted by Gasteiger charge is -2.32. The van der Waals surface area contributed by atoms with E-state index in [1.807, 2.05) is 0 Å². The first-order valence-electron chi connectivity index (χ1n) is 7.87. The monoisotopic (exact) mass is 271 g/mol. The van der Waals surface area contributed by atoms with Gasteiger partial charge < -0.3 is 15.2 Å². The average molecular weight is 271 g/mol. The molecule has 1 unspecified atom stereocenters. The highest BCUT2D eigenvalue weighted by molar-refractivity contribution is 4.94. The second-order valence-electron chi connectivity index (χ2n) is 7.24. The van der Waals surface area contributed by atoms with Crippen LogP contribution in [0.1, 0.15) is 66.2 Å². The Morgan fingerprint density at radius 2 is 1.84 bits per heavy atom. The van der Waals surface area contributed by atoms with Crippen molar-refractivity contribution in [1.82, 2.24) is 5.32 Å². The summed E-state index contributed by atoms with van der Waals surface area (Å²) in [6.45, 7) is 10.8. The number of hydrogen-bond acceptors (Lipinski definition) is 3. The van der Waals surface area contributed by atoms with Crippen molar-refractivity contribution in [3.8, 4) is 0 Å². The molecule has 0 aromatic heterocycles. The predicted molar refractivity (Wildman–Crippen MR) is 80.4 cm³/mol. The molecule has 1 aliphatic carbocycles. The van der Waals surface area contributed by atoms with E-state index in [0.29, 0.717) is 11.5 Å². The highest BCUT2D eigenvalue weighted by Gasteiger charge is 2.33. The summed E-state index contributed by atoms with van der Waals surface area (Å²) in [5.41, 5.74) is 0.278. The summed E-state index contributed by atoms with van der Waals surface area (Å²) in [5.74, 6) is 0. The van der Waals surface area contributed by atoms with Gasteiger partial charge in [-0.1, -0.05) is 27.7 Å². The van der Waals surface area contributed by atoms with Gasteiger partial charge in [-0.15, -0.1) is 0 Å². The molecule has 2 N–H and O–H groups in total. The van der Waals surface area contributed by atoms with E-state index in [0.717, 1.165) is 38.9 Å². The van der Waals surface area contributed by atoms with E-state index in [4.69, 9.17) is 4.74 Å². The van der Waals surface area contributed by atoms with Gasteiger partial charge in [-0.25, -0.2) is 0 Å². The molecule has 1 atom stereocenters. The quantitative estimate of drug-likeness (QED) is 0.600. The van der Waals surface area contributed by atoms with Crippen LogP contribution in [0.5, 0.6) is 0 Å². The second-order valence-corrected chi connectivity index (χ2v) is 7.24. The van der Waals surface area contributed by atoms with Crippen LogP contribution in [0, 0.1) is 5.41 Å². The summed E-state index contributed by atoms with van der Waals surface area (Å²) >= 11 is 0. The third-order valence-corrected chi connectivity index (χ3v) is 4.01. The van der Waals surface area contributed by atoms with Crippen LogP contribution >= 0.6 is 0 Å². The van der Waals surface area contributed by atoms with Gasteiger partial charge in [0.2, 0.25) is 0 Å². The van der Waals surface area contributed by atoms with E-state index in [-0.39, 0.29) is 12.1 Å². The number of hydrogen-bond donors (Lipinski definition) is 2. The van der Waals surface area contributed by atoms with Gasteiger partial charge in [-0.05, 0) is 43.9 Å².